The van der Waals surface area contributed by atoms with Gasteiger partial charge in [-0.25, -0.2) is 4.79 Å². The fourth-order valence-electron chi connectivity index (χ4n) is 4.15. The fraction of sp³-hybridized carbons (Fsp3) is 0.316. The van der Waals surface area contributed by atoms with Crippen molar-refractivity contribution in [3.63, 3.8) is 0 Å². The monoisotopic (exact) mass is 353 g/mol. The van der Waals surface area contributed by atoms with Crippen LogP contribution in [-0.4, -0.2) is 31.1 Å². The van der Waals surface area contributed by atoms with E-state index in [4.69, 9.17) is 23.7 Å². The topological polar surface area (TPSA) is 66.5 Å². The number of rotatable bonds is 1. The molecule has 0 bridgehead atoms. The van der Waals surface area contributed by atoms with Crippen molar-refractivity contribution >= 4 is 6.09 Å². The van der Waals surface area contributed by atoms with Crippen LogP contribution in [0, 0.1) is 0 Å². The van der Waals surface area contributed by atoms with E-state index in [1.807, 2.05) is 30.3 Å². The van der Waals surface area contributed by atoms with Crippen LogP contribution in [0.1, 0.15) is 28.8 Å². The molecule has 0 N–H and O–H groups in total. The molecule has 1 amide bonds. The number of ether oxygens (including phenoxy) is 5. The van der Waals surface area contributed by atoms with Crippen molar-refractivity contribution < 1.29 is 28.5 Å². The Morgan fingerprint density at radius 3 is 2.46 bits per heavy atom. The van der Waals surface area contributed by atoms with E-state index >= 15 is 0 Å². The molecule has 1 saturated heterocycles. The van der Waals surface area contributed by atoms with E-state index in [2.05, 4.69) is 0 Å². The lowest BCUT2D eigenvalue weighted by Gasteiger charge is -2.31. The minimum Gasteiger partial charge on any atom is -0.454 e. The first kappa shape index (κ1) is 14.1. The Hall–Kier alpha value is -3.09. The van der Waals surface area contributed by atoms with Gasteiger partial charge in [0, 0.05) is 6.54 Å². The molecule has 26 heavy (non-hydrogen) atoms. The number of cyclic esters (lactones) is 1. The van der Waals surface area contributed by atoms with E-state index < -0.39 is 6.10 Å². The predicted molar refractivity (Wildman–Crippen MR) is 87.5 cm³/mol. The minimum absolute atomic E-state index is 0.193. The molecular formula is C19H15NO6. The van der Waals surface area contributed by atoms with E-state index in [9.17, 15) is 4.79 Å². The van der Waals surface area contributed by atoms with Gasteiger partial charge in [-0.2, -0.15) is 0 Å². The van der Waals surface area contributed by atoms with Crippen molar-refractivity contribution in [2.45, 2.75) is 18.6 Å². The summed E-state index contributed by atoms with van der Waals surface area (Å²) in [6, 6.07) is 9.49. The molecule has 2 aromatic carbocycles. The van der Waals surface area contributed by atoms with Crippen LogP contribution in [-0.2, 0) is 11.2 Å². The maximum absolute atomic E-state index is 12.5. The Morgan fingerprint density at radius 2 is 1.62 bits per heavy atom. The van der Waals surface area contributed by atoms with E-state index in [1.165, 1.54) is 5.56 Å². The van der Waals surface area contributed by atoms with Crippen LogP contribution in [0.25, 0.3) is 0 Å². The fourth-order valence-corrected chi connectivity index (χ4v) is 4.15. The van der Waals surface area contributed by atoms with Crippen molar-refractivity contribution in [1.29, 1.82) is 0 Å². The molecule has 132 valence electrons. The third kappa shape index (κ3) is 1.85. The molecule has 0 saturated carbocycles. The third-order valence-corrected chi connectivity index (χ3v) is 5.39. The lowest BCUT2D eigenvalue weighted by molar-refractivity contribution is 0.130. The molecule has 2 aromatic rings. The molecule has 0 radical (unpaired) electrons. The van der Waals surface area contributed by atoms with Crippen LogP contribution in [0.2, 0.25) is 0 Å². The highest BCUT2D eigenvalue weighted by Crippen LogP contribution is 2.50. The number of benzene rings is 2. The Bertz CT molecular complexity index is 942. The van der Waals surface area contributed by atoms with Crippen molar-refractivity contribution in [3.05, 3.63) is 47.0 Å². The minimum atomic E-state index is -0.406. The SMILES string of the molecule is O=C1O[C@@H](c2ccc3c(c2)OCO3)[C@H]2c3cc4c(cc3CCN12)OCO4. The molecule has 1 fully saturated rings. The van der Waals surface area contributed by atoms with Gasteiger partial charge in [-0.05, 0) is 47.4 Å². The van der Waals surface area contributed by atoms with Gasteiger partial charge in [0.25, 0.3) is 0 Å². The van der Waals surface area contributed by atoms with E-state index in [0.29, 0.717) is 18.0 Å². The van der Waals surface area contributed by atoms with Crippen molar-refractivity contribution in [3.8, 4) is 23.0 Å². The summed E-state index contributed by atoms with van der Waals surface area (Å²) >= 11 is 0. The van der Waals surface area contributed by atoms with Gasteiger partial charge in [0.05, 0.1) is 0 Å². The summed E-state index contributed by atoms with van der Waals surface area (Å²) in [5.41, 5.74) is 3.11. The van der Waals surface area contributed by atoms with Crippen LogP contribution in [0.15, 0.2) is 30.3 Å². The second-order valence-corrected chi connectivity index (χ2v) is 6.71. The van der Waals surface area contributed by atoms with Gasteiger partial charge in [-0.3, -0.25) is 4.90 Å². The number of hydrogen-bond donors (Lipinski definition) is 0. The van der Waals surface area contributed by atoms with Gasteiger partial charge in [0.2, 0.25) is 13.6 Å². The molecule has 4 aliphatic rings. The lowest BCUT2D eigenvalue weighted by atomic mass is 9.87. The number of nitrogens with zero attached hydrogens (tertiary/aromatic N) is 1. The molecule has 0 unspecified atom stereocenters. The van der Waals surface area contributed by atoms with Gasteiger partial charge >= 0.3 is 6.09 Å². The maximum atomic E-state index is 12.5. The first-order chi connectivity index (χ1) is 12.8. The van der Waals surface area contributed by atoms with E-state index in [0.717, 1.165) is 29.0 Å². The van der Waals surface area contributed by atoms with Gasteiger partial charge in [-0.15, -0.1) is 0 Å². The van der Waals surface area contributed by atoms with Gasteiger partial charge in [0.15, 0.2) is 29.1 Å². The van der Waals surface area contributed by atoms with Gasteiger partial charge < -0.3 is 23.7 Å². The standard InChI is InChI=1S/C19H15NO6/c21-19-20-4-3-10-5-15-16(25-9-24-15)7-12(10)17(20)18(26-19)11-1-2-13-14(6-11)23-8-22-13/h1-2,5-7,17-18H,3-4,8-9H2/t17-,18+/m1/s1. The maximum Gasteiger partial charge on any atom is 0.411 e. The van der Waals surface area contributed by atoms with Crippen LogP contribution in [0.3, 0.4) is 0 Å². The second-order valence-electron chi connectivity index (χ2n) is 6.71. The summed E-state index contributed by atoms with van der Waals surface area (Å²) in [7, 11) is 0. The zero-order chi connectivity index (χ0) is 17.3. The molecule has 0 aliphatic carbocycles. The van der Waals surface area contributed by atoms with Gasteiger partial charge in [-0.1, -0.05) is 6.07 Å². The molecule has 4 aliphatic heterocycles. The summed E-state index contributed by atoms with van der Waals surface area (Å²) < 4.78 is 27.6. The molecule has 2 atom stereocenters. The Kier molecular flexibility index (Phi) is 2.70. The summed E-state index contributed by atoms with van der Waals surface area (Å²) in [5.74, 6) is 2.87. The van der Waals surface area contributed by atoms with Crippen LogP contribution in [0.5, 0.6) is 23.0 Å². The number of carbonyl (C=O) groups excluding carboxylic acids is 1. The molecule has 4 heterocycles. The highest BCUT2D eigenvalue weighted by Gasteiger charge is 2.47. The number of fused-ring (bicyclic) bond motifs is 5. The first-order valence-electron chi connectivity index (χ1n) is 8.57. The highest BCUT2D eigenvalue weighted by atomic mass is 16.7. The quantitative estimate of drug-likeness (QED) is 0.785. The zero-order valence-corrected chi connectivity index (χ0v) is 13.8. The van der Waals surface area contributed by atoms with Crippen LogP contribution >= 0.6 is 0 Å². The highest BCUT2D eigenvalue weighted by molar-refractivity contribution is 5.73. The second kappa shape index (κ2) is 4.97. The van der Waals surface area contributed by atoms with Crippen molar-refractivity contribution in [1.82, 2.24) is 4.90 Å². The Morgan fingerprint density at radius 1 is 0.885 bits per heavy atom. The van der Waals surface area contributed by atoms with Crippen LogP contribution in [0.4, 0.5) is 4.79 Å². The normalized spacial score (nSPS) is 24.3. The number of amides is 1. The Balaban J connectivity index is 1.46. The molecule has 6 rings (SSSR count). The van der Waals surface area contributed by atoms with E-state index in [1.54, 1.807) is 4.90 Å². The summed E-state index contributed by atoms with van der Waals surface area (Å²) in [6.45, 7) is 1.07. The Labute approximate surface area is 149 Å². The molecular weight excluding hydrogens is 338 g/mol. The molecule has 0 aromatic heterocycles. The number of hydrogen-bond acceptors (Lipinski definition) is 6. The van der Waals surface area contributed by atoms with Crippen molar-refractivity contribution in [2.24, 2.45) is 0 Å². The lowest BCUT2D eigenvalue weighted by Crippen LogP contribution is -2.34. The predicted octanol–water partition coefficient (Wildman–Crippen LogP) is 2.93. The van der Waals surface area contributed by atoms with Crippen LogP contribution < -0.4 is 18.9 Å². The summed E-state index contributed by atoms with van der Waals surface area (Å²) in [4.78, 5) is 14.3. The van der Waals surface area contributed by atoms with Crippen molar-refractivity contribution in [2.75, 3.05) is 20.1 Å². The molecule has 0 spiro atoms. The average molecular weight is 353 g/mol. The first-order valence-corrected chi connectivity index (χ1v) is 8.57. The average Bonchev–Trinajstić information content (AvgIpc) is 3.37. The van der Waals surface area contributed by atoms with E-state index in [-0.39, 0.29) is 25.7 Å². The summed E-state index contributed by atoms with van der Waals surface area (Å²) in [5, 5.41) is 0. The largest absolute Gasteiger partial charge is 0.454 e. The zero-order valence-electron chi connectivity index (χ0n) is 13.8. The third-order valence-electron chi connectivity index (χ3n) is 5.39. The smallest absolute Gasteiger partial charge is 0.411 e. The molecule has 7 heteroatoms. The van der Waals surface area contributed by atoms with Gasteiger partial charge in [0.1, 0.15) is 6.04 Å². The number of carbonyl (C=O) groups is 1. The summed E-state index contributed by atoms with van der Waals surface area (Å²) in [6.07, 6.45) is 0.0724. The molecule has 7 nitrogen and oxygen atoms in total.